The first-order chi connectivity index (χ1) is 12.0. The van der Waals surface area contributed by atoms with Gasteiger partial charge in [0.2, 0.25) is 0 Å². The second-order valence-electron chi connectivity index (χ2n) is 7.72. The van der Waals surface area contributed by atoms with Gasteiger partial charge in [-0.25, -0.2) is 0 Å². The second-order valence-corrected chi connectivity index (χ2v) is 7.72. The van der Waals surface area contributed by atoms with Gasteiger partial charge in [0, 0.05) is 52.0 Å². The first kappa shape index (κ1) is 20.5. The molecule has 0 radical (unpaired) electrons. The summed E-state index contributed by atoms with van der Waals surface area (Å²) in [6, 6.07) is 0. The van der Waals surface area contributed by atoms with E-state index in [9.17, 15) is 0 Å². The molecular weight excluding hydrogens is 314 g/mol. The number of aliphatic imine (C=N–C) groups is 1. The van der Waals surface area contributed by atoms with E-state index in [1.807, 2.05) is 7.05 Å². The highest BCUT2D eigenvalue weighted by Gasteiger charge is 2.35. The van der Waals surface area contributed by atoms with Crippen LogP contribution in [0.1, 0.15) is 33.1 Å². The third kappa shape index (κ3) is 5.31. The summed E-state index contributed by atoms with van der Waals surface area (Å²) in [7, 11) is 6.28. The average Bonchev–Trinajstić information content (AvgIpc) is 3.09. The fraction of sp³-hybridized carbons (Fsp3) is 0.947. The number of guanidine groups is 1. The third-order valence-corrected chi connectivity index (χ3v) is 6.16. The lowest BCUT2D eigenvalue weighted by atomic mass is 9.88. The molecule has 2 rings (SSSR count). The molecule has 0 aromatic carbocycles. The van der Waals surface area contributed by atoms with E-state index < -0.39 is 0 Å². The number of nitrogens with one attached hydrogen (secondary N) is 1. The normalized spacial score (nSPS) is 24.4. The van der Waals surface area contributed by atoms with Crippen LogP contribution in [-0.2, 0) is 4.74 Å². The van der Waals surface area contributed by atoms with Crippen molar-refractivity contribution in [1.29, 1.82) is 0 Å². The van der Waals surface area contributed by atoms with Crippen LogP contribution in [-0.4, -0.2) is 99.8 Å². The zero-order valence-corrected chi connectivity index (χ0v) is 17.1. The lowest BCUT2D eigenvalue weighted by Gasteiger charge is -2.43. The first-order valence-corrected chi connectivity index (χ1v) is 9.97. The number of hydrogen-bond donors (Lipinski definition) is 1. The largest absolute Gasteiger partial charge is 0.381 e. The molecule has 2 heterocycles. The Balaban J connectivity index is 1.88. The van der Waals surface area contributed by atoms with Gasteiger partial charge in [-0.3, -0.25) is 4.99 Å². The first-order valence-electron chi connectivity index (χ1n) is 9.97. The van der Waals surface area contributed by atoms with Gasteiger partial charge in [0.15, 0.2) is 5.96 Å². The molecule has 1 atom stereocenters. The Kier molecular flexibility index (Phi) is 7.97. The molecule has 0 saturated carbocycles. The summed E-state index contributed by atoms with van der Waals surface area (Å²) in [5.74, 6) is 1.82. The van der Waals surface area contributed by atoms with Gasteiger partial charge in [-0.1, -0.05) is 13.8 Å². The van der Waals surface area contributed by atoms with E-state index >= 15 is 0 Å². The molecule has 6 heteroatoms. The van der Waals surface area contributed by atoms with Gasteiger partial charge in [-0.05, 0) is 52.4 Å². The number of likely N-dealkylation sites (N-methyl/N-ethyl adjacent to an activating group) is 1. The SMILES string of the molecule is CCN(CC)CC1CCN(C(=NC)NCC2(N(C)C)CCOCC2)C1. The highest BCUT2D eigenvalue weighted by atomic mass is 16.5. The van der Waals surface area contributed by atoms with Gasteiger partial charge in [0.25, 0.3) is 0 Å². The summed E-state index contributed by atoms with van der Waals surface area (Å²) in [5.41, 5.74) is 0.175. The number of hydrogen-bond acceptors (Lipinski definition) is 4. The molecule has 0 aromatic rings. The summed E-state index contributed by atoms with van der Waals surface area (Å²) in [4.78, 5) is 11.9. The molecule has 0 aromatic heterocycles. The maximum Gasteiger partial charge on any atom is 0.193 e. The molecular formula is C19H39N5O. The van der Waals surface area contributed by atoms with Crippen LogP contribution in [0, 0.1) is 5.92 Å². The molecule has 0 amide bonds. The van der Waals surface area contributed by atoms with Crippen LogP contribution in [0.25, 0.3) is 0 Å². The minimum Gasteiger partial charge on any atom is -0.381 e. The highest BCUT2D eigenvalue weighted by molar-refractivity contribution is 5.80. The topological polar surface area (TPSA) is 43.3 Å². The molecule has 6 nitrogen and oxygen atoms in total. The van der Waals surface area contributed by atoms with Crippen LogP contribution in [0.5, 0.6) is 0 Å². The van der Waals surface area contributed by atoms with Gasteiger partial charge >= 0.3 is 0 Å². The van der Waals surface area contributed by atoms with Crippen molar-refractivity contribution in [2.45, 2.75) is 38.6 Å². The molecule has 1 N–H and O–H groups in total. The molecule has 0 bridgehead atoms. The van der Waals surface area contributed by atoms with Gasteiger partial charge in [0.05, 0.1) is 0 Å². The third-order valence-electron chi connectivity index (χ3n) is 6.16. The minimum absolute atomic E-state index is 0.175. The van der Waals surface area contributed by atoms with Crippen LogP contribution in [0.2, 0.25) is 0 Å². The zero-order chi connectivity index (χ0) is 18.3. The number of likely N-dealkylation sites (tertiary alicyclic amines) is 1. The number of rotatable bonds is 7. The van der Waals surface area contributed by atoms with Crippen LogP contribution in [0.3, 0.4) is 0 Å². The van der Waals surface area contributed by atoms with Crippen LogP contribution in [0.15, 0.2) is 4.99 Å². The van der Waals surface area contributed by atoms with Gasteiger partial charge in [0.1, 0.15) is 0 Å². The van der Waals surface area contributed by atoms with E-state index in [0.29, 0.717) is 0 Å². The fourth-order valence-electron chi connectivity index (χ4n) is 4.13. The molecule has 2 saturated heterocycles. The van der Waals surface area contributed by atoms with Crippen molar-refractivity contribution in [1.82, 2.24) is 20.0 Å². The minimum atomic E-state index is 0.175. The van der Waals surface area contributed by atoms with E-state index in [2.05, 4.69) is 53.0 Å². The summed E-state index contributed by atoms with van der Waals surface area (Å²) in [6.45, 7) is 12.9. The van der Waals surface area contributed by atoms with Gasteiger partial charge < -0.3 is 24.8 Å². The second kappa shape index (κ2) is 9.74. The predicted octanol–water partition coefficient (Wildman–Crippen LogP) is 1.34. The van der Waals surface area contributed by atoms with Crippen molar-refractivity contribution in [3.05, 3.63) is 0 Å². The van der Waals surface area contributed by atoms with Crippen LogP contribution >= 0.6 is 0 Å². The molecule has 0 aliphatic carbocycles. The van der Waals surface area contributed by atoms with E-state index in [1.54, 1.807) is 0 Å². The lowest BCUT2D eigenvalue weighted by Crippen LogP contribution is -2.57. The van der Waals surface area contributed by atoms with Gasteiger partial charge in [-0.15, -0.1) is 0 Å². The number of nitrogens with zero attached hydrogens (tertiary/aromatic N) is 4. The van der Waals surface area contributed by atoms with Crippen molar-refractivity contribution < 1.29 is 4.74 Å². The van der Waals surface area contributed by atoms with Crippen molar-refractivity contribution in [3.63, 3.8) is 0 Å². The summed E-state index contributed by atoms with van der Waals surface area (Å²) < 4.78 is 5.58. The average molecular weight is 354 g/mol. The van der Waals surface area contributed by atoms with E-state index in [4.69, 9.17) is 4.74 Å². The Morgan fingerprint density at radius 1 is 1.24 bits per heavy atom. The lowest BCUT2D eigenvalue weighted by molar-refractivity contribution is -0.00522. The fourth-order valence-corrected chi connectivity index (χ4v) is 4.13. The van der Waals surface area contributed by atoms with Crippen molar-refractivity contribution in [2.24, 2.45) is 10.9 Å². The highest BCUT2D eigenvalue weighted by Crippen LogP contribution is 2.25. The Morgan fingerprint density at radius 2 is 1.92 bits per heavy atom. The molecule has 2 aliphatic rings. The summed E-state index contributed by atoms with van der Waals surface area (Å²) >= 11 is 0. The summed E-state index contributed by atoms with van der Waals surface area (Å²) in [5, 5.41) is 3.67. The summed E-state index contributed by atoms with van der Waals surface area (Å²) in [6.07, 6.45) is 3.42. The molecule has 146 valence electrons. The Labute approximate surface area is 154 Å². The molecule has 2 aliphatic heterocycles. The molecule has 2 fully saturated rings. The monoisotopic (exact) mass is 353 g/mol. The van der Waals surface area contributed by atoms with E-state index in [0.717, 1.165) is 70.7 Å². The number of ether oxygens (including phenoxy) is 1. The van der Waals surface area contributed by atoms with E-state index in [-0.39, 0.29) is 5.54 Å². The zero-order valence-electron chi connectivity index (χ0n) is 17.1. The molecule has 0 spiro atoms. The quantitative estimate of drug-likeness (QED) is 0.553. The maximum atomic E-state index is 5.58. The van der Waals surface area contributed by atoms with Crippen molar-refractivity contribution in [3.8, 4) is 0 Å². The smallest absolute Gasteiger partial charge is 0.193 e. The Morgan fingerprint density at radius 3 is 2.48 bits per heavy atom. The maximum absolute atomic E-state index is 5.58. The van der Waals surface area contributed by atoms with Crippen molar-refractivity contribution >= 4 is 5.96 Å². The molecule has 25 heavy (non-hydrogen) atoms. The Bertz CT molecular complexity index is 416. The van der Waals surface area contributed by atoms with Crippen molar-refractivity contribution in [2.75, 3.05) is 73.6 Å². The Hall–Kier alpha value is -0.850. The van der Waals surface area contributed by atoms with Gasteiger partial charge in [-0.2, -0.15) is 0 Å². The molecule has 1 unspecified atom stereocenters. The van der Waals surface area contributed by atoms with E-state index in [1.165, 1.54) is 13.0 Å². The predicted molar refractivity (Wildman–Crippen MR) is 105 cm³/mol. The standard InChI is InChI=1S/C19H39N5O/c1-6-23(7-2)14-17-8-11-24(15-17)18(20-3)21-16-19(22(4)5)9-12-25-13-10-19/h17H,6-16H2,1-5H3,(H,20,21). The van der Waals surface area contributed by atoms with Crippen LogP contribution in [0.4, 0.5) is 0 Å². The van der Waals surface area contributed by atoms with Crippen LogP contribution < -0.4 is 5.32 Å².